The van der Waals surface area contributed by atoms with E-state index < -0.39 is 0 Å². The number of hydrogen-bond acceptors (Lipinski definition) is 2. The summed E-state index contributed by atoms with van der Waals surface area (Å²) < 4.78 is 1.44. The Morgan fingerprint density at radius 1 is 1.39 bits per heavy atom. The molecule has 0 aliphatic heterocycles. The molecule has 0 saturated carbocycles. The summed E-state index contributed by atoms with van der Waals surface area (Å²) in [7, 11) is 0. The van der Waals surface area contributed by atoms with E-state index in [0.717, 1.165) is 12.8 Å². The zero-order chi connectivity index (χ0) is 13.5. The van der Waals surface area contributed by atoms with Crippen molar-refractivity contribution < 1.29 is 4.79 Å². The van der Waals surface area contributed by atoms with Gasteiger partial charge in [0, 0.05) is 18.3 Å². The number of aryl methyl sites for hydroxylation is 1. The second-order valence-corrected chi connectivity index (χ2v) is 4.61. The van der Waals surface area contributed by atoms with Crippen molar-refractivity contribution in [1.82, 2.24) is 9.88 Å². The van der Waals surface area contributed by atoms with Crippen molar-refractivity contribution in [2.24, 2.45) is 5.92 Å². The number of pyridine rings is 1. The molecule has 1 aromatic heterocycles. The molecule has 100 valence electrons. The normalized spacial score (nSPS) is 10.7. The molecular formula is C14H22N2O2. The van der Waals surface area contributed by atoms with E-state index in [1.165, 1.54) is 4.57 Å². The predicted molar refractivity (Wildman–Crippen MR) is 72.5 cm³/mol. The van der Waals surface area contributed by atoms with Gasteiger partial charge in [0.15, 0.2) is 0 Å². The number of nitrogens with zero attached hydrogens (tertiary/aromatic N) is 1. The summed E-state index contributed by atoms with van der Waals surface area (Å²) in [6.45, 7) is 6.77. The molecule has 1 rings (SSSR count). The van der Waals surface area contributed by atoms with Gasteiger partial charge in [0.25, 0.3) is 5.56 Å². The molecule has 0 radical (unpaired) electrons. The Labute approximate surface area is 108 Å². The standard InChI is InChI=1S/C14H22N2O2/c1-4-12(5-2)9-15-13(17)10-16-8-6-7-11(3)14(16)18/h6-8,12H,4-5,9-10H2,1-3H3,(H,15,17). The second kappa shape index (κ2) is 6.99. The Morgan fingerprint density at radius 2 is 2.06 bits per heavy atom. The lowest BCUT2D eigenvalue weighted by molar-refractivity contribution is -0.121. The predicted octanol–water partition coefficient (Wildman–Crippen LogP) is 1.71. The minimum atomic E-state index is -0.102. The molecule has 0 fully saturated rings. The van der Waals surface area contributed by atoms with E-state index >= 15 is 0 Å². The van der Waals surface area contributed by atoms with Crippen LogP contribution in [-0.2, 0) is 11.3 Å². The first kappa shape index (κ1) is 14.5. The Hall–Kier alpha value is -1.58. The van der Waals surface area contributed by atoms with E-state index in [9.17, 15) is 9.59 Å². The summed E-state index contributed by atoms with van der Waals surface area (Å²) in [5.41, 5.74) is 0.556. The summed E-state index contributed by atoms with van der Waals surface area (Å²) in [5, 5.41) is 2.88. The Bertz CT molecular complexity index is 447. The highest BCUT2D eigenvalue weighted by Gasteiger charge is 2.08. The first-order valence-corrected chi connectivity index (χ1v) is 6.51. The van der Waals surface area contributed by atoms with Crippen LogP contribution in [0.25, 0.3) is 0 Å². The van der Waals surface area contributed by atoms with Gasteiger partial charge in [0.2, 0.25) is 5.91 Å². The van der Waals surface area contributed by atoms with Crippen LogP contribution < -0.4 is 10.9 Å². The smallest absolute Gasteiger partial charge is 0.253 e. The topological polar surface area (TPSA) is 51.1 Å². The van der Waals surface area contributed by atoms with Gasteiger partial charge < -0.3 is 9.88 Å². The third kappa shape index (κ3) is 4.02. The van der Waals surface area contributed by atoms with Crippen molar-refractivity contribution in [2.45, 2.75) is 40.2 Å². The Balaban J connectivity index is 2.55. The van der Waals surface area contributed by atoms with Crippen LogP contribution >= 0.6 is 0 Å². The van der Waals surface area contributed by atoms with E-state index in [1.54, 1.807) is 25.3 Å². The van der Waals surface area contributed by atoms with E-state index in [-0.39, 0.29) is 18.0 Å². The van der Waals surface area contributed by atoms with E-state index in [2.05, 4.69) is 19.2 Å². The molecule has 1 N–H and O–H groups in total. The monoisotopic (exact) mass is 250 g/mol. The summed E-state index contributed by atoms with van der Waals surface area (Å²) in [6.07, 6.45) is 3.76. The zero-order valence-corrected chi connectivity index (χ0v) is 11.4. The molecule has 0 aliphatic rings. The highest BCUT2D eigenvalue weighted by Crippen LogP contribution is 2.04. The van der Waals surface area contributed by atoms with Crippen molar-refractivity contribution in [3.63, 3.8) is 0 Å². The SMILES string of the molecule is CCC(CC)CNC(=O)Cn1cccc(C)c1=O. The van der Waals surface area contributed by atoms with Crippen LogP contribution in [0, 0.1) is 12.8 Å². The number of nitrogens with one attached hydrogen (secondary N) is 1. The van der Waals surface area contributed by atoms with E-state index in [1.807, 2.05) is 0 Å². The highest BCUT2D eigenvalue weighted by atomic mass is 16.2. The molecule has 1 aromatic rings. The molecule has 4 nitrogen and oxygen atoms in total. The Morgan fingerprint density at radius 3 is 2.67 bits per heavy atom. The average molecular weight is 250 g/mol. The van der Waals surface area contributed by atoms with Crippen LogP contribution in [-0.4, -0.2) is 17.0 Å². The van der Waals surface area contributed by atoms with Gasteiger partial charge in [-0.25, -0.2) is 0 Å². The molecule has 0 saturated heterocycles. The summed E-state index contributed by atoms with van der Waals surface area (Å²) in [6, 6.07) is 3.53. The number of hydrogen-bond donors (Lipinski definition) is 1. The molecule has 0 atom stereocenters. The lowest BCUT2D eigenvalue weighted by Crippen LogP contribution is -2.35. The lowest BCUT2D eigenvalue weighted by Gasteiger charge is -2.13. The summed E-state index contributed by atoms with van der Waals surface area (Å²) in [4.78, 5) is 23.5. The van der Waals surface area contributed by atoms with E-state index in [4.69, 9.17) is 0 Å². The second-order valence-electron chi connectivity index (χ2n) is 4.61. The van der Waals surface area contributed by atoms with Crippen LogP contribution in [0.15, 0.2) is 23.1 Å². The fourth-order valence-corrected chi connectivity index (χ4v) is 1.83. The van der Waals surface area contributed by atoms with Crippen LogP contribution in [0.4, 0.5) is 0 Å². The molecular weight excluding hydrogens is 228 g/mol. The largest absolute Gasteiger partial charge is 0.354 e. The first-order chi connectivity index (χ1) is 8.58. The number of carbonyl (C=O) groups excluding carboxylic acids is 1. The molecule has 0 aromatic carbocycles. The molecule has 0 aliphatic carbocycles. The van der Waals surface area contributed by atoms with Crippen molar-refractivity contribution in [1.29, 1.82) is 0 Å². The van der Waals surface area contributed by atoms with Crippen molar-refractivity contribution in [2.75, 3.05) is 6.54 Å². The molecule has 18 heavy (non-hydrogen) atoms. The van der Waals surface area contributed by atoms with Crippen molar-refractivity contribution >= 4 is 5.91 Å². The molecule has 4 heteroatoms. The van der Waals surface area contributed by atoms with E-state index in [0.29, 0.717) is 18.0 Å². The van der Waals surface area contributed by atoms with Gasteiger partial charge in [-0.1, -0.05) is 32.8 Å². The van der Waals surface area contributed by atoms with Gasteiger partial charge in [0.05, 0.1) is 0 Å². The van der Waals surface area contributed by atoms with Crippen LogP contribution in [0.2, 0.25) is 0 Å². The molecule has 0 bridgehead atoms. The maximum Gasteiger partial charge on any atom is 0.253 e. The van der Waals surface area contributed by atoms with Crippen LogP contribution in [0.3, 0.4) is 0 Å². The van der Waals surface area contributed by atoms with Crippen molar-refractivity contribution in [3.8, 4) is 0 Å². The maximum absolute atomic E-state index is 11.7. The lowest BCUT2D eigenvalue weighted by atomic mass is 10.0. The van der Waals surface area contributed by atoms with Gasteiger partial charge in [-0.3, -0.25) is 9.59 Å². The third-order valence-electron chi connectivity index (χ3n) is 3.27. The fourth-order valence-electron chi connectivity index (χ4n) is 1.83. The van der Waals surface area contributed by atoms with Crippen LogP contribution in [0.5, 0.6) is 0 Å². The van der Waals surface area contributed by atoms with Gasteiger partial charge in [0.1, 0.15) is 6.54 Å². The average Bonchev–Trinajstić information content (AvgIpc) is 2.36. The van der Waals surface area contributed by atoms with Crippen molar-refractivity contribution in [3.05, 3.63) is 34.2 Å². The molecule has 0 unspecified atom stereocenters. The third-order valence-corrected chi connectivity index (χ3v) is 3.27. The molecule has 1 heterocycles. The summed E-state index contributed by atoms with van der Waals surface area (Å²) in [5.74, 6) is 0.415. The molecule has 0 spiro atoms. The minimum Gasteiger partial charge on any atom is -0.354 e. The number of amides is 1. The maximum atomic E-state index is 11.7. The van der Waals surface area contributed by atoms with Gasteiger partial charge in [-0.15, -0.1) is 0 Å². The first-order valence-electron chi connectivity index (χ1n) is 6.51. The minimum absolute atomic E-state index is 0.0979. The van der Waals surface area contributed by atoms with Crippen LogP contribution in [0.1, 0.15) is 32.3 Å². The summed E-state index contributed by atoms with van der Waals surface area (Å²) >= 11 is 0. The molecule has 1 amide bonds. The number of carbonyl (C=O) groups is 1. The quantitative estimate of drug-likeness (QED) is 0.835. The highest BCUT2D eigenvalue weighted by molar-refractivity contribution is 5.75. The number of aromatic nitrogens is 1. The zero-order valence-electron chi connectivity index (χ0n) is 11.4. The fraction of sp³-hybridized carbons (Fsp3) is 0.571. The van der Waals surface area contributed by atoms with Gasteiger partial charge in [-0.05, 0) is 18.9 Å². The Kier molecular flexibility index (Phi) is 5.62. The number of rotatable bonds is 6. The van der Waals surface area contributed by atoms with Gasteiger partial charge >= 0.3 is 0 Å². The van der Waals surface area contributed by atoms with Gasteiger partial charge in [-0.2, -0.15) is 0 Å².